The van der Waals surface area contributed by atoms with Gasteiger partial charge in [0.2, 0.25) is 5.91 Å². The van der Waals surface area contributed by atoms with Crippen LogP contribution in [0, 0.1) is 12.7 Å². The number of benzene rings is 2. The molecule has 0 aliphatic rings. The number of hydrogen-bond donors (Lipinski definition) is 2. The molecular formula is C21H22BrFN6O2. The normalized spacial score (nSPS) is 11.7. The van der Waals surface area contributed by atoms with Gasteiger partial charge in [0.25, 0.3) is 5.91 Å². The van der Waals surface area contributed by atoms with Gasteiger partial charge in [-0.05, 0) is 59.7 Å². The van der Waals surface area contributed by atoms with Crippen LogP contribution < -0.4 is 10.6 Å². The van der Waals surface area contributed by atoms with Gasteiger partial charge in [-0.15, -0.1) is 5.10 Å². The minimum Gasteiger partial charge on any atom is -0.354 e. The maximum Gasteiger partial charge on any atom is 0.251 e. The van der Waals surface area contributed by atoms with Gasteiger partial charge in [-0.1, -0.05) is 34.1 Å². The number of hydrogen-bond acceptors (Lipinski definition) is 5. The molecule has 0 fully saturated rings. The van der Waals surface area contributed by atoms with Crippen molar-refractivity contribution < 1.29 is 14.0 Å². The molecule has 0 saturated heterocycles. The summed E-state index contributed by atoms with van der Waals surface area (Å²) in [4.78, 5) is 25.0. The third-order valence-electron chi connectivity index (χ3n) is 4.60. The zero-order valence-electron chi connectivity index (χ0n) is 16.9. The summed E-state index contributed by atoms with van der Waals surface area (Å²) in [6.45, 7) is 2.46. The molecule has 3 aromatic rings. The molecule has 0 spiro atoms. The average molecular weight is 489 g/mol. The fourth-order valence-corrected chi connectivity index (χ4v) is 3.45. The van der Waals surface area contributed by atoms with E-state index < -0.39 is 6.04 Å². The predicted molar refractivity (Wildman–Crippen MR) is 116 cm³/mol. The average Bonchev–Trinajstić information content (AvgIpc) is 3.17. The summed E-state index contributed by atoms with van der Waals surface area (Å²) in [5.41, 5.74) is 1.22. The van der Waals surface area contributed by atoms with Gasteiger partial charge in [0.15, 0.2) is 0 Å². The first-order valence-electron chi connectivity index (χ1n) is 9.74. The van der Waals surface area contributed by atoms with Gasteiger partial charge in [-0.25, -0.2) is 9.07 Å². The largest absolute Gasteiger partial charge is 0.354 e. The number of amides is 2. The van der Waals surface area contributed by atoms with Crippen molar-refractivity contribution in [2.24, 2.45) is 0 Å². The van der Waals surface area contributed by atoms with Crippen LogP contribution in [0.15, 0.2) is 53.0 Å². The topological polar surface area (TPSA) is 102 Å². The van der Waals surface area contributed by atoms with Crippen LogP contribution in [0.2, 0.25) is 0 Å². The van der Waals surface area contributed by atoms with Crippen molar-refractivity contribution in [2.75, 3.05) is 13.1 Å². The van der Waals surface area contributed by atoms with Crippen molar-refractivity contribution in [1.29, 1.82) is 0 Å². The molecule has 1 aromatic heterocycles. The highest BCUT2D eigenvalue weighted by molar-refractivity contribution is 9.10. The molecule has 0 radical (unpaired) electrons. The summed E-state index contributed by atoms with van der Waals surface area (Å²) < 4.78 is 15.8. The van der Waals surface area contributed by atoms with Crippen molar-refractivity contribution in [3.63, 3.8) is 0 Å². The number of rotatable bonds is 9. The zero-order chi connectivity index (χ0) is 22.2. The summed E-state index contributed by atoms with van der Waals surface area (Å²) in [7, 11) is 0. The quantitative estimate of drug-likeness (QED) is 0.450. The first-order chi connectivity index (χ1) is 14.9. The van der Waals surface area contributed by atoms with Crippen LogP contribution in [-0.4, -0.2) is 45.1 Å². The molecule has 10 heteroatoms. The van der Waals surface area contributed by atoms with Gasteiger partial charge in [0, 0.05) is 29.5 Å². The molecule has 1 heterocycles. The molecule has 2 aromatic carbocycles. The lowest BCUT2D eigenvalue weighted by Crippen LogP contribution is -2.36. The van der Waals surface area contributed by atoms with Gasteiger partial charge in [0.1, 0.15) is 17.7 Å². The maximum absolute atomic E-state index is 13.6. The Morgan fingerprint density at radius 2 is 1.90 bits per heavy atom. The van der Waals surface area contributed by atoms with Crippen LogP contribution >= 0.6 is 15.9 Å². The fourth-order valence-electron chi connectivity index (χ4n) is 3.06. The number of aryl methyl sites for hydroxylation is 1. The number of aromatic nitrogens is 4. The second kappa shape index (κ2) is 10.8. The molecule has 8 nitrogen and oxygen atoms in total. The molecule has 2 amide bonds. The summed E-state index contributed by atoms with van der Waals surface area (Å²) in [5.74, 6) is -0.344. The van der Waals surface area contributed by atoms with Gasteiger partial charge < -0.3 is 10.6 Å². The summed E-state index contributed by atoms with van der Waals surface area (Å²) >= 11 is 3.34. The van der Waals surface area contributed by atoms with E-state index in [4.69, 9.17) is 0 Å². The zero-order valence-corrected chi connectivity index (χ0v) is 18.5. The molecule has 0 saturated carbocycles. The van der Waals surface area contributed by atoms with Crippen molar-refractivity contribution in [3.8, 4) is 0 Å². The van der Waals surface area contributed by atoms with Crippen LogP contribution in [0.25, 0.3) is 0 Å². The number of nitrogens with zero attached hydrogens (tertiary/aromatic N) is 4. The van der Waals surface area contributed by atoms with E-state index in [0.717, 1.165) is 4.47 Å². The smallest absolute Gasteiger partial charge is 0.251 e. The third-order valence-corrected chi connectivity index (χ3v) is 5.09. The number of nitrogens with one attached hydrogen (secondary N) is 2. The fraction of sp³-hybridized carbons (Fsp3) is 0.286. The minimum atomic E-state index is -0.715. The van der Waals surface area contributed by atoms with E-state index in [-0.39, 0.29) is 24.1 Å². The first-order valence-corrected chi connectivity index (χ1v) is 10.5. The Morgan fingerprint density at radius 1 is 1.13 bits per heavy atom. The van der Waals surface area contributed by atoms with Crippen LogP contribution in [0.5, 0.6) is 0 Å². The minimum absolute atomic E-state index is 0.180. The van der Waals surface area contributed by atoms with E-state index in [1.807, 2.05) is 6.07 Å². The molecule has 1 atom stereocenters. The molecule has 162 valence electrons. The molecule has 2 N–H and O–H groups in total. The third kappa shape index (κ3) is 6.42. The highest BCUT2D eigenvalue weighted by Gasteiger charge is 2.24. The van der Waals surface area contributed by atoms with E-state index in [1.165, 1.54) is 16.8 Å². The number of halogens is 2. The lowest BCUT2D eigenvalue weighted by molar-refractivity contribution is -0.124. The van der Waals surface area contributed by atoms with Crippen LogP contribution in [-0.2, 0) is 11.2 Å². The number of tetrazole rings is 1. The Kier molecular flexibility index (Phi) is 7.82. The molecule has 0 bridgehead atoms. The Labute approximate surface area is 187 Å². The Morgan fingerprint density at radius 3 is 2.61 bits per heavy atom. The van der Waals surface area contributed by atoms with Crippen LogP contribution in [0.1, 0.15) is 34.2 Å². The van der Waals surface area contributed by atoms with Gasteiger partial charge in [-0.2, -0.15) is 0 Å². The SMILES string of the molecule is Cc1nnnn1C(Cc1cccc(F)c1)C(=O)NCCCNC(=O)c1cccc(Br)c1. The molecule has 1 unspecified atom stereocenters. The molecule has 0 aliphatic heterocycles. The summed E-state index contributed by atoms with van der Waals surface area (Å²) in [6, 6.07) is 12.5. The van der Waals surface area contributed by atoms with Crippen LogP contribution in [0.4, 0.5) is 4.39 Å². The van der Waals surface area contributed by atoms with Crippen molar-refractivity contribution in [1.82, 2.24) is 30.8 Å². The van der Waals surface area contributed by atoms with Crippen LogP contribution in [0.3, 0.4) is 0 Å². The van der Waals surface area contributed by atoms with Crippen molar-refractivity contribution in [3.05, 3.63) is 75.8 Å². The predicted octanol–water partition coefficient (Wildman–Crippen LogP) is 2.60. The van der Waals surface area contributed by atoms with Gasteiger partial charge in [-0.3, -0.25) is 9.59 Å². The Bertz CT molecular complexity index is 1060. The van der Waals surface area contributed by atoms with Crippen molar-refractivity contribution in [2.45, 2.75) is 25.8 Å². The van der Waals surface area contributed by atoms with E-state index in [2.05, 4.69) is 42.1 Å². The molecule has 0 aliphatic carbocycles. The van der Waals surface area contributed by atoms with Crippen molar-refractivity contribution >= 4 is 27.7 Å². The lowest BCUT2D eigenvalue weighted by Gasteiger charge is -2.18. The van der Waals surface area contributed by atoms with Gasteiger partial charge in [0.05, 0.1) is 0 Å². The summed E-state index contributed by atoms with van der Waals surface area (Å²) in [6.07, 6.45) is 0.794. The Hall–Kier alpha value is -3.14. The van der Waals surface area contributed by atoms with E-state index in [0.29, 0.717) is 36.5 Å². The molecular weight excluding hydrogens is 467 g/mol. The van der Waals surface area contributed by atoms with E-state index >= 15 is 0 Å². The first kappa shape index (κ1) is 22.5. The second-order valence-corrected chi connectivity index (χ2v) is 7.85. The number of carbonyl (C=O) groups is 2. The number of carbonyl (C=O) groups excluding carboxylic acids is 2. The second-order valence-electron chi connectivity index (χ2n) is 6.93. The van der Waals surface area contributed by atoms with Gasteiger partial charge >= 0.3 is 0 Å². The summed E-state index contributed by atoms with van der Waals surface area (Å²) in [5, 5.41) is 17.0. The lowest BCUT2D eigenvalue weighted by atomic mass is 10.0. The maximum atomic E-state index is 13.6. The molecule has 3 rings (SSSR count). The molecule has 31 heavy (non-hydrogen) atoms. The highest BCUT2D eigenvalue weighted by atomic mass is 79.9. The van der Waals surface area contributed by atoms with E-state index in [1.54, 1.807) is 37.3 Å². The monoisotopic (exact) mass is 488 g/mol. The van der Waals surface area contributed by atoms with E-state index in [9.17, 15) is 14.0 Å². The highest BCUT2D eigenvalue weighted by Crippen LogP contribution is 2.16. The standard InChI is InChI=1S/C21H22BrFN6O2/c1-14-26-27-28-29(14)19(12-15-5-2-8-18(23)11-15)21(31)25-10-4-9-24-20(30)16-6-3-7-17(22)13-16/h2-3,5-8,11,13,19H,4,9-10,12H2,1H3,(H,24,30)(H,25,31). The Balaban J connectivity index is 1.53.